The summed E-state index contributed by atoms with van der Waals surface area (Å²) in [5.74, 6) is -1.25. The number of nitrogens with one attached hydrogen (secondary N) is 2. The van der Waals surface area contributed by atoms with Crippen molar-refractivity contribution in [3.63, 3.8) is 0 Å². The average Bonchev–Trinajstić information content (AvgIpc) is 3.63. The summed E-state index contributed by atoms with van der Waals surface area (Å²) in [6.07, 6.45) is 0.905. The Balaban J connectivity index is 1.69. The van der Waals surface area contributed by atoms with Crippen LogP contribution >= 0.6 is 71.5 Å². The van der Waals surface area contributed by atoms with E-state index in [9.17, 15) is 19.2 Å². The van der Waals surface area contributed by atoms with Crippen LogP contribution in [0.25, 0.3) is 0 Å². The molecule has 4 aliphatic rings. The monoisotopic (exact) mass is 738 g/mol. The van der Waals surface area contributed by atoms with Gasteiger partial charge in [0.2, 0.25) is 0 Å². The van der Waals surface area contributed by atoms with Crippen LogP contribution in [0.5, 0.6) is 11.5 Å². The molecular weight excluding hydrogens is 713 g/mol. The molecule has 0 saturated heterocycles. The van der Waals surface area contributed by atoms with Crippen LogP contribution in [0.2, 0.25) is 0 Å². The van der Waals surface area contributed by atoms with Crippen molar-refractivity contribution in [2.45, 2.75) is 60.1 Å². The first-order chi connectivity index (χ1) is 22.1. The molecule has 0 aliphatic carbocycles. The van der Waals surface area contributed by atoms with Crippen molar-refractivity contribution in [3.05, 3.63) is 19.6 Å². The fourth-order valence-corrected chi connectivity index (χ4v) is 10.6. The second-order valence-corrected chi connectivity index (χ2v) is 14.6. The molecule has 0 spiro atoms. The first-order valence-corrected chi connectivity index (χ1v) is 18.0. The van der Waals surface area contributed by atoms with Crippen molar-refractivity contribution in [2.75, 3.05) is 26.4 Å². The number of carbonyl (C=O) groups excluding carboxylic acids is 4. The molecular formula is C28H26N4O8S6. The fraction of sp³-hybridized carbons (Fsp3) is 0.357. The summed E-state index contributed by atoms with van der Waals surface area (Å²) in [5.41, 5.74) is 1.76. The van der Waals surface area contributed by atoms with E-state index < -0.39 is 37.0 Å². The minimum absolute atomic E-state index is 0.0865. The molecule has 18 heteroatoms. The van der Waals surface area contributed by atoms with E-state index in [2.05, 4.69) is 20.6 Å². The molecule has 0 atom stereocenters. The predicted octanol–water partition coefficient (Wildman–Crippen LogP) is 4.92. The predicted molar refractivity (Wildman–Crippen MR) is 185 cm³/mol. The van der Waals surface area contributed by atoms with Gasteiger partial charge in [-0.15, -0.1) is 0 Å². The standard InChI is InChI=1S/C28H26N4O8S6/c1-5-11-15(23(35)31-27(41)29-11)25-43-19-17(39-9-13(33)37-7-3)21-22(18(20(19)44-25)40-10-14(34)38-8-4)46-26(45-21)16-12(6-2)30-28(42)32-24(16)36/h5-10H2,1-4H3,(H,31,35,41)(H,32,36,42). The SMILES string of the molecule is CCOC(=O)COc1c2c(c(OCC(=O)OCC)c3c1SC(=C1C(=O)NC(=S)N=C1CC)S3)SC(=C1C(=O)NC(=S)N=C1CC)S2. The van der Waals surface area contributed by atoms with Crippen LogP contribution < -0.4 is 20.1 Å². The molecule has 2 amide bonds. The third kappa shape index (κ3) is 7.01. The lowest BCUT2D eigenvalue weighted by atomic mass is 10.1. The van der Waals surface area contributed by atoms with Crippen LogP contribution in [-0.4, -0.2) is 71.8 Å². The zero-order valence-electron chi connectivity index (χ0n) is 24.9. The molecule has 4 aliphatic heterocycles. The van der Waals surface area contributed by atoms with Gasteiger partial charge in [0, 0.05) is 0 Å². The van der Waals surface area contributed by atoms with Crippen LogP contribution in [0.3, 0.4) is 0 Å². The summed E-state index contributed by atoms with van der Waals surface area (Å²) < 4.78 is 23.7. The topological polar surface area (TPSA) is 154 Å². The number of esters is 2. The summed E-state index contributed by atoms with van der Waals surface area (Å²) in [6.45, 7) is 6.70. The van der Waals surface area contributed by atoms with Crippen LogP contribution in [0.15, 0.2) is 49.2 Å². The Morgan fingerprint density at radius 3 is 1.30 bits per heavy atom. The average molecular weight is 739 g/mol. The van der Waals surface area contributed by atoms with Crippen molar-refractivity contribution >= 4 is 117 Å². The van der Waals surface area contributed by atoms with Gasteiger partial charge in [-0.2, -0.15) is 0 Å². The maximum atomic E-state index is 13.2. The number of benzene rings is 1. The van der Waals surface area contributed by atoms with Crippen LogP contribution in [0.1, 0.15) is 40.5 Å². The van der Waals surface area contributed by atoms with Crippen LogP contribution in [0.4, 0.5) is 0 Å². The van der Waals surface area contributed by atoms with Crippen molar-refractivity contribution < 1.29 is 38.1 Å². The zero-order chi connectivity index (χ0) is 33.1. The molecule has 1 aromatic rings. The molecule has 5 rings (SSSR count). The zero-order valence-corrected chi connectivity index (χ0v) is 29.8. The maximum Gasteiger partial charge on any atom is 0.344 e. The molecule has 242 valence electrons. The highest BCUT2D eigenvalue weighted by Gasteiger charge is 2.41. The van der Waals surface area contributed by atoms with E-state index in [1.165, 1.54) is 47.0 Å². The lowest BCUT2D eigenvalue weighted by Crippen LogP contribution is -2.37. The van der Waals surface area contributed by atoms with E-state index in [0.717, 1.165) is 0 Å². The Kier molecular flexibility index (Phi) is 11.1. The molecule has 2 N–H and O–H groups in total. The number of thiocarbonyl (C=S) groups is 2. The lowest BCUT2D eigenvalue weighted by Gasteiger charge is -2.17. The highest BCUT2D eigenvalue weighted by Crippen LogP contribution is 2.68. The second kappa shape index (κ2) is 14.9. The molecule has 0 aromatic heterocycles. The smallest absolute Gasteiger partial charge is 0.344 e. The van der Waals surface area contributed by atoms with Gasteiger partial charge in [-0.25, -0.2) is 19.6 Å². The number of thioether (sulfide) groups is 4. The maximum absolute atomic E-state index is 13.2. The van der Waals surface area contributed by atoms with E-state index in [1.807, 2.05) is 13.8 Å². The Bertz CT molecular complexity index is 1550. The quantitative estimate of drug-likeness (QED) is 0.190. The molecule has 46 heavy (non-hydrogen) atoms. The van der Waals surface area contributed by atoms with Gasteiger partial charge in [0.25, 0.3) is 11.8 Å². The van der Waals surface area contributed by atoms with Gasteiger partial charge in [0.1, 0.15) is 0 Å². The van der Waals surface area contributed by atoms with Gasteiger partial charge >= 0.3 is 11.9 Å². The highest BCUT2D eigenvalue weighted by atomic mass is 32.2. The van der Waals surface area contributed by atoms with Gasteiger partial charge in [-0.05, 0) is 51.1 Å². The first-order valence-electron chi connectivity index (χ1n) is 14.0. The molecule has 0 fully saturated rings. The lowest BCUT2D eigenvalue weighted by molar-refractivity contribution is -0.146. The summed E-state index contributed by atoms with van der Waals surface area (Å²) in [4.78, 5) is 62.2. The summed E-state index contributed by atoms with van der Waals surface area (Å²) in [5, 5.41) is 5.38. The van der Waals surface area contributed by atoms with Gasteiger partial charge in [0.05, 0.1) is 63.8 Å². The number of fused-ring (bicyclic) bond motifs is 2. The number of hydrogen-bond acceptors (Lipinski definition) is 14. The molecule has 1 aromatic carbocycles. The fourth-order valence-electron chi connectivity index (χ4n) is 4.46. The van der Waals surface area contributed by atoms with Gasteiger partial charge < -0.3 is 18.9 Å². The number of rotatable bonds is 10. The Morgan fingerprint density at radius 1 is 0.652 bits per heavy atom. The van der Waals surface area contributed by atoms with E-state index in [1.54, 1.807) is 13.8 Å². The number of aliphatic imine (C=N–C) groups is 2. The molecule has 0 bridgehead atoms. The van der Waals surface area contributed by atoms with Gasteiger partial charge in [0.15, 0.2) is 34.9 Å². The van der Waals surface area contributed by atoms with Crippen LogP contribution in [-0.2, 0) is 28.7 Å². The van der Waals surface area contributed by atoms with E-state index in [0.29, 0.717) is 75.0 Å². The highest BCUT2D eigenvalue weighted by molar-refractivity contribution is 8.26. The number of amides is 2. The second-order valence-electron chi connectivity index (χ2n) is 9.24. The van der Waals surface area contributed by atoms with E-state index in [-0.39, 0.29) is 23.4 Å². The molecule has 4 heterocycles. The Labute approximate surface area is 291 Å². The third-order valence-corrected chi connectivity index (χ3v) is 11.9. The van der Waals surface area contributed by atoms with E-state index >= 15 is 0 Å². The summed E-state index contributed by atoms with van der Waals surface area (Å²) in [7, 11) is 0. The van der Waals surface area contributed by atoms with Crippen LogP contribution in [0, 0.1) is 0 Å². The first kappa shape index (κ1) is 34.4. The van der Waals surface area contributed by atoms with Crippen molar-refractivity contribution in [3.8, 4) is 11.5 Å². The summed E-state index contributed by atoms with van der Waals surface area (Å²) >= 11 is 15.3. The third-order valence-electron chi connectivity index (χ3n) is 6.32. The summed E-state index contributed by atoms with van der Waals surface area (Å²) in [6, 6.07) is 0. The number of carbonyl (C=O) groups is 4. The van der Waals surface area contributed by atoms with E-state index in [4.69, 9.17) is 43.4 Å². The Hall–Kier alpha value is -2.90. The van der Waals surface area contributed by atoms with Crippen molar-refractivity contribution in [1.29, 1.82) is 0 Å². The minimum atomic E-state index is -0.572. The molecule has 0 saturated carbocycles. The molecule has 12 nitrogen and oxygen atoms in total. The molecule has 0 unspecified atom stereocenters. The number of hydrogen-bond donors (Lipinski definition) is 2. The van der Waals surface area contributed by atoms with Crippen molar-refractivity contribution in [1.82, 2.24) is 10.6 Å². The number of nitrogens with zero attached hydrogens (tertiary/aromatic N) is 2. The van der Waals surface area contributed by atoms with Crippen molar-refractivity contribution in [2.24, 2.45) is 9.98 Å². The largest absolute Gasteiger partial charge is 0.479 e. The van der Waals surface area contributed by atoms with Gasteiger partial charge in [-0.1, -0.05) is 60.9 Å². The Morgan fingerprint density at radius 2 is 1.00 bits per heavy atom. The normalized spacial score (nSPS) is 17.2. The minimum Gasteiger partial charge on any atom is -0.479 e. The van der Waals surface area contributed by atoms with Gasteiger partial charge in [-0.3, -0.25) is 20.2 Å². The molecule has 0 radical (unpaired) electrons. The number of ether oxygens (including phenoxy) is 4.